The van der Waals surface area contributed by atoms with E-state index in [-0.39, 0.29) is 11.3 Å². The lowest BCUT2D eigenvalue weighted by Crippen LogP contribution is -2.08. The van der Waals surface area contributed by atoms with Crippen molar-refractivity contribution >= 4 is 12.0 Å². The van der Waals surface area contributed by atoms with E-state index in [1.54, 1.807) is 49.6 Å². The van der Waals surface area contributed by atoms with Crippen LogP contribution in [0.25, 0.3) is 6.08 Å². The Morgan fingerprint density at radius 3 is 2.46 bits per heavy atom. The minimum Gasteiger partial charge on any atom is -0.507 e. The zero-order valence-electron chi connectivity index (χ0n) is 14.0. The first-order chi connectivity index (χ1) is 11.6. The molecule has 0 aliphatic heterocycles. The second kappa shape index (κ2) is 8.77. The summed E-state index contributed by atoms with van der Waals surface area (Å²) in [5.74, 6) is 0.380. The Kier molecular flexibility index (Phi) is 6.43. The molecule has 126 valence electrons. The van der Waals surface area contributed by atoms with E-state index in [4.69, 9.17) is 9.47 Å². The fourth-order valence-corrected chi connectivity index (χ4v) is 2.17. The predicted octanol–water partition coefficient (Wildman–Crippen LogP) is 4.82. The van der Waals surface area contributed by atoms with E-state index in [0.29, 0.717) is 11.5 Å². The number of rotatable bonds is 7. The molecule has 0 unspecified atom stereocenters. The number of phenolic OH excluding ortho intramolecular Hbond substituents is 1. The van der Waals surface area contributed by atoms with Crippen molar-refractivity contribution in [2.45, 2.75) is 26.2 Å². The van der Waals surface area contributed by atoms with Crippen LogP contribution in [-0.2, 0) is 0 Å². The summed E-state index contributed by atoms with van der Waals surface area (Å²) < 4.78 is 10.3. The van der Waals surface area contributed by atoms with Gasteiger partial charge >= 0.3 is 5.97 Å². The number of hydrogen-bond donors (Lipinski definition) is 1. The number of carbonyl (C=O) groups excluding carboxylic acids is 1. The van der Waals surface area contributed by atoms with Gasteiger partial charge in [0.1, 0.15) is 22.8 Å². The van der Waals surface area contributed by atoms with Gasteiger partial charge in [0.25, 0.3) is 0 Å². The third-order valence-electron chi connectivity index (χ3n) is 3.55. The summed E-state index contributed by atoms with van der Waals surface area (Å²) in [6.45, 7) is 2.14. The molecule has 0 spiro atoms. The van der Waals surface area contributed by atoms with Crippen molar-refractivity contribution in [1.29, 1.82) is 0 Å². The van der Waals surface area contributed by atoms with Crippen LogP contribution in [0.2, 0.25) is 0 Å². The van der Waals surface area contributed by atoms with Crippen LogP contribution in [0.4, 0.5) is 0 Å². The Morgan fingerprint density at radius 1 is 1.12 bits per heavy atom. The van der Waals surface area contributed by atoms with Crippen molar-refractivity contribution in [2.75, 3.05) is 7.11 Å². The molecular weight excluding hydrogens is 304 g/mol. The van der Waals surface area contributed by atoms with E-state index in [1.807, 2.05) is 6.08 Å². The molecule has 0 saturated heterocycles. The van der Waals surface area contributed by atoms with Gasteiger partial charge in [0.15, 0.2) is 0 Å². The maximum Gasteiger partial charge on any atom is 0.347 e. The Hall–Kier alpha value is -2.75. The minimum atomic E-state index is -0.598. The molecule has 2 aromatic carbocycles. The molecule has 0 aliphatic carbocycles. The fourth-order valence-electron chi connectivity index (χ4n) is 2.17. The van der Waals surface area contributed by atoms with Crippen molar-refractivity contribution in [3.05, 3.63) is 59.7 Å². The number of carbonyl (C=O) groups is 1. The second-order valence-electron chi connectivity index (χ2n) is 5.39. The van der Waals surface area contributed by atoms with E-state index in [1.165, 1.54) is 0 Å². The van der Waals surface area contributed by atoms with E-state index in [2.05, 4.69) is 13.0 Å². The summed E-state index contributed by atoms with van der Waals surface area (Å²) >= 11 is 0. The average Bonchev–Trinajstić information content (AvgIpc) is 2.59. The van der Waals surface area contributed by atoms with E-state index >= 15 is 0 Å². The van der Waals surface area contributed by atoms with E-state index in [9.17, 15) is 9.90 Å². The summed E-state index contributed by atoms with van der Waals surface area (Å²) in [5.41, 5.74) is 0.987. The maximum atomic E-state index is 12.2. The Labute approximate surface area is 142 Å². The molecule has 0 heterocycles. The monoisotopic (exact) mass is 326 g/mol. The van der Waals surface area contributed by atoms with E-state index < -0.39 is 5.97 Å². The molecule has 2 aromatic rings. The topological polar surface area (TPSA) is 55.8 Å². The van der Waals surface area contributed by atoms with Crippen molar-refractivity contribution < 1.29 is 19.4 Å². The normalized spacial score (nSPS) is 10.8. The zero-order valence-corrected chi connectivity index (χ0v) is 14.0. The van der Waals surface area contributed by atoms with Gasteiger partial charge in [0.2, 0.25) is 0 Å². The quantitative estimate of drug-likeness (QED) is 0.450. The van der Waals surface area contributed by atoms with Gasteiger partial charge in [-0.3, -0.25) is 0 Å². The largest absolute Gasteiger partial charge is 0.507 e. The first-order valence-corrected chi connectivity index (χ1v) is 8.00. The van der Waals surface area contributed by atoms with Crippen LogP contribution >= 0.6 is 0 Å². The third-order valence-corrected chi connectivity index (χ3v) is 3.55. The molecule has 0 saturated carbocycles. The van der Waals surface area contributed by atoms with Gasteiger partial charge in [-0.25, -0.2) is 4.79 Å². The lowest BCUT2D eigenvalue weighted by molar-refractivity contribution is 0.0731. The first kappa shape index (κ1) is 17.6. The van der Waals surface area contributed by atoms with Crippen LogP contribution in [0, 0.1) is 0 Å². The van der Waals surface area contributed by atoms with Crippen LogP contribution < -0.4 is 9.47 Å². The molecule has 0 fully saturated rings. The second-order valence-corrected chi connectivity index (χ2v) is 5.39. The van der Waals surface area contributed by atoms with Gasteiger partial charge in [-0.05, 0) is 48.4 Å². The highest BCUT2D eigenvalue weighted by molar-refractivity contribution is 5.94. The van der Waals surface area contributed by atoms with Gasteiger partial charge in [0, 0.05) is 0 Å². The fraction of sp³-hybridized carbons (Fsp3) is 0.250. The molecule has 0 bridgehead atoms. The standard InChI is InChI=1S/C20H22O4/c1-3-4-5-6-7-15-8-13-18(19(21)14-15)20(22)24-17-11-9-16(23-2)10-12-17/h6-14,21H,3-5H2,1-2H3. The number of methoxy groups -OCH3 is 1. The molecule has 0 aliphatic rings. The molecule has 0 radical (unpaired) electrons. The Balaban J connectivity index is 2.04. The lowest BCUT2D eigenvalue weighted by atomic mass is 10.1. The lowest BCUT2D eigenvalue weighted by Gasteiger charge is -2.07. The molecule has 4 nitrogen and oxygen atoms in total. The number of unbranched alkanes of at least 4 members (excludes halogenated alkanes) is 2. The molecule has 24 heavy (non-hydrogen) atoms. The molecule has 4 heteroatoms. The van der Waals surface area contributed by atoms with Crippen molar-refractivity contribution in [3.63, 3.8) is 0 Å². The van der Waals surface area contributed by atoms with E-state index in [0.717, 1.165) is 24.8 Å². The average molecular weight is 326 g/mol. The summed E-state index contributed by atoms with van der Waals surface area (Å²) in [6, 6.07) is 11.6. The Bertz CT molecular complexity index is 702. The van der Waals surface area contributed by atoms with Crippen molar-refractivity contribution in [1.82, 2.24) is 0 Å². The van der Waals surface area contributed by atoms with Crippen LogP contribution in [0.1, 0.15) is 42.1 Å². The van der Waals surface area contributed by atoms with Gasteiger partial charge in [0.05, 0.1) is 7.11 Å². The zero-order chi connectivity index (χ0) is 17.4. The Morgan fingerprint density at radius 2 is 1.83 bits per heavy atom. The molecule has 0 atom stereocenters. The minimum absolute atomic E-state index is 0.0915. The van der Waals surface area contributed by atoms with Crippen LogP contribution in [-0.4, -0.2) is 18.2 Å². The molecular formula is C20H22O4. The predicted molar refractivity (Wildman–Crippen MR) is 94.6 cm³/mol. The van der Waals surface area contributed by atoms with Gasteiger partial charge in [-0.1, -0.05) is 38.0 Å². The third kappa shape index (κ3) is 4.88. The number of aromatic hydroxyl groups is 1. The first-order valence-electron chi connectivity index (χ1n) is 8.00. The number of esters is 1. The summed E-state index contributed by atoms with van der Waals surface area (Å²) in [6.07, 6.45) is 7.28. The van der Waals surface area contributed by atoms with Gasteiger partial charge in [-0.15, -0.1) is 0 Å². The summed E-state index contributed by atoms with van der Waals surface area (Å²) in [7, 11) is 1.57. The summed E-state index contributed by atoms with van der Waals surface area (Å²) in [5, 5.41) is 10.1. The summed E-state index contributed by atoms with van der Waals surface area (Å²) in [4.78, 5) is 12.2. The molecule has 0 aromatic heterocycles. The van der Waals surface area contributed by atoms with Crippen molar-refractivity contribution in [2.24, 2.45) is 0 Å². The number of allylic oxidation sites excluding steroid dienone is 1. The highest BCUT2D eigenvalue weighted by Crippen LogP contribution is 2.23. The molecule has 0 amide bonds. The van der Waals surface area contributed by atoms with Crippen molar-refractivity contribution in [3.8, 4) is 17.2 Å². The SMILES string of the molecule is CCCCC=Cc1ccc(C(=O)Oc2ccc(OC)cc2)c(O)c1. The van der Waals surface area contributed by atoms with Crippen LogP contribution in [0.5, 0.6) is 17.2 Å². The molecule has 1 N–H and O–H groups in total. The highest BCUT2D eigenvalue weighted by Gasteiger charge is 2.13. The number of benzene rings is 2. The van der Waals surface area contributed by atoms with Crippen LogP contribution in [0.3, 0.4) is 0 Å². The maximum absolute atomic E-state index is 12.2. The smallest absolute Gasteiger partial charge is 0.347 e. The number of hydrogen-bond acceptors (Lipinski definition) is 4. The van der Waals surface area contributed by atoms with Gasteiger partial charge in [-0.2, -0.15) is 0 Å². The number of ether oxygens (including phenoxy) is 2. The number of phenols is 1. The van der Waals surface area contributed by atoms with Crippen LogP contribution in [0.15, 0.2) is 48.5 Å². The highest BCUT2D eigenvalue weighted by atomic mass is 16.5. The van der Waals surface area contributed by atoms with Gasteiger partial charge < -0.3 is 14.6 Å². The molecule has 2 rings (SSSR count).